The SMILES string of the molecule is COc1ccc(CNC2CCS(=O)CC2)cc1C. The van der Waals surface area contributed by atoms with Gasteiger partial charge in [0.25, 0.3) is 0 Å². The summed E-state index contributed by atoms with van der Waals surface area (Å²) in [5.41, 5.74) is 2.45. The predicted molar refractivity (Wildman–Crippen MR) is 75.5 cm³/mol. The molecule has 1 aromatic rings. The molecule has 0 aliphatic carbocycles. The van der Waals surface area contributed by atoms with Crippen LogP contribution in [0.4, 0.5) is 0 Å². The van der Waals surface area contributed by atoms with Crippen molar-refractivity contribution < 1.29 is 8.95 Å². The maximum absolute atomic E-state index is 11.3. The first-order valence-corrected chi connectivity index (χ1v) is 7.89. The summed E-state index contributed by atoms with van der Waals surface area (Å²) < 4.78 is 16.5. The lowest BCUT2D eigenvalue weighted by Crippen LogP contribution is -2.35. The summed E-state index contributed by atoms with van der Waals surface area (Å²) in [6.07, 6.45) is 2.06. The molecule has 3 nitrogen and oxygen atoms in total. The predicted octanol–water partition coefficient (Wildman–Crippen LogP) is 2.00. The van der Waals surface area contributed by atoms with E-state index in [9.17, 15) is 4.21 Å². The fourth-order valence-electron chi connectivity index (χ4n) is 2.31. The van der Waals surface area contributed by atoms with Crippen molar-refractivity contribution in [1.29, 1.82) is 0 Å². The van der Waals surface area contributed by atoms with E-state index in [2.05, 4.69) is 24.4 Å². The van der Waals surface area contributed by atoms with Crippen molar-refractivity contribution in [2.24, 2.45) is 0 Å². The number of methoxy groups -OCH3 is 1. The Morgan fingerprint density at radius 1 is 1.39 bits per heavy atom. The van der Waals surface area contributed by atoms with Gasteiger partial charge in [-0.25, -0.2) is 0 Å². The van der Waals surface area contributed by atoms with Crippen molar-refractivity contribution in [1.82, 2.24) is 5.32 Å². The molecule has 1 aromatic carbocycles. The fraction of sp³-hybridized carbons (Fsp3) is 0.571. The van der Waals surface area contributed by atoms with Gasteiger partial charge in [-0.2, -0.15) is 0 Å². The highest BCUT2D eigenvalue weighted by molar-refractivity contribution is 7.85. The zero-order valence-electron chi connectivity index (χ0n) is 11.1. The molecule has 0 radical (unpaired) electrons. The van der Waals surface area contributed by atoms with Crippen molar-refractivity contribution in [2.75, 3.05) is 18.6 Å². The van der Waals surface area contributed by atoms with E-state index >= 15 is 0 Å². The van der Waals surface area contributed by atoms with Gasteiger partial charge >= 0.3 is 0 Å². The molecule has 0 amide bonds. The molecule has 1 fully saturated rings. The van der Waals surface area contributed by atoms with E-state index in [1.807, 2.05) is 6.07 Å². The number of hydrogen-bond donors (Lipinski definition) is 1. The Labute approximate surface area is 111 Å². The van der Waals surface area contributed by atoms with Gasteiger partial charge in [-0.15, -0.1) is 0 Å². The van der Waals surface area contributed by atoms with Crippen molar-refractivity contribution in [3.05, 3.63) is 29.3 Å². The molecule has 100 valence electrons. The van der Waals surface area contributed by atoms with E-state index in [1.54, 1.807) is 7.11 Å². The lowest BCUT2D eigenvalue weighted by molar-refractivity contribution is 0.411. The smallest absolute Gasteiger partial charge is 0.121 e. The molecule has 0 unspecified atom stereocenters. The highest BCUT2D eigenvalue weighted by Crippen LogP contribution is 2.18. The summed E-state index contributed by atoms with van der Waals surface area (Å²) in [6.45, 7) is 2.94. The number of benzene rings is 1. The Morgan fingerprint density at radius 2 is 2.11 bits per heavy atom. The number of ether oxygens (including phenoxy) is 1. The maximum atomic E-state index is 11.3. The Morgan fingerprint density at radius 3 is 2.72 bits per heavy atom. The van der Waals surface area contributed by atoms with Crippen LogP contribution in [0.15, 0.2) is 18.2 Å². The molecule has 0 saturated carbocycles. The first kappa shape index (κ1) is 13.6. The van der Waals surface area contributed by atoms with E-state index in [4.69, 9.17) is 4.74 Å². The van der Waals surface area contributed by atoms with Crippen LogP contribution in [0.25, 0.3) is 0 Å². The molecule has 0 aromatic heterocycles. The standard InChI is InChI=1S/C14H21NO2S/c1-11-9-12(3-4-14(11)17-2)10-15-13-5-7-18(16)8-6-13/h3-4,9,13,15H,5-8,10H2,1-2H3. The fourth-order valence-corrected chi connectivity index (χ4v) is 3.61. The van der Waals surface area contributed by atoms with Gasteiger partial charge in [0.15, 0.2) is 0 Å². The molecule has 1 N–H and O–H groups in total. The number of nitrogens with one attached hydrogen (secondary N) is 1. The quantitative estimate of drug-likeness (QED) is 0.907. The van der Waals surface area contributed by atoms with Crippen LogP contribution in [0.5, 0.6) is 5.75 Å². The second-order valence-corrected chi connectivity index (χ2v) is 6.50. The lowest BCUT2D eigenvalue weighted by atomic mass is 10.1. The molecular formula is C14H21NO2S. The van der Waals surface area contributed by atoms with Crippen LogP contribution in [0.1, 0.15) is 24.0 Å². The molecular weight excluding hydrogens is 246 g/mol. The van der Waals surface area contributed by atoms with Gasteiger partial charge in [0.2, 0.25) is 0 Å². The topological polar surface area (TPSA) is 38.3 Å². The number of rotatable bonds is 4. The summed E-state index contributed by atoms with van der Waals surface area (Å²) in [5.74, 6) is 2.63. The average Bonchev–Trinajstić information content (AvgIpc) is 2.38. The van der Waals surface area contributed by atoms with E-state index in [0.29, 0.717) is 6.04 Å². The molecule has 1 aliphatic heterocycles. The number of hydrogen-bond acceptors (Lipinski definition) is 3. The van der Waals surface area contributed by atoms with E-state index in [-0.39, 0.29) is 0 Å². The molecule has 0 bridgehead atoms. The largest absolute Gasteiger partial charge is 0.496 e. The molecule has 2 rings (SSSR count). The van der Waals surface area contributed by atoms with Crippen molar-refractivity contribution in [3.63, 3.8) is 0 Å². The first-order valence-electron chi connectivity index (χ1n) is 6.41. The van der Waals surface area contributed by atoms with Gasteiger partial charge in [0.1, 0.15) is 5.75 Å². The minimum absolute atomic E-state index is 0.519. The monoisotopic (exact) mass is 267 g/mol. The molecule has 1 saturated heterocycles. The van der Waals surface area contributed by atoms with E-state index in [0.717, 1.165) is 36.6 Å². The van der Waals surface area contributed by atoms with Crippen LogP contribution >= 0.6 is 0 Å². The summed E-state index contributed by atoms with van der Waals surface area (Å²) in [5, 5.41) is 3.55. The van der Waals surface area contributed by atoms with Gasteiger partial charge in [0, 0.05) is 34.9 Å². The van der Waals surface area contributed by atoms with E-state index < -0.39 is 10.8 Å². The van der Waals surface area contributed by atoms with Gasteiger partial charge in [-0.3, -0.25) is 4.21 Å². The molecule has 4 heteroatoms. The van der Waals surface area contributed by atoms with E-state index in [1.165, 1.54) is 11.1 Å². The molecule has 0 spiro atoms. The van der Waals surface area contributed by atoms with Crippen LogP contribution in [0, 0.1) is 6.92 Å². The van der Waals surface area contributed by atoms with Crippen LogP contribution in [0.3, 0.4) is 0 Å². The van der Waals surface area contributed by atoms with Crippen LogP contribution in [-0.4, -0.2) is 28.9 Å². The lowest BCUT2D eigenvalue weighted by Gasteiger charge is -2.22. The highest BCUT2D eigenvalue weighted by atomic mass is 32.2. The average molecular weight is 267 g/mol. The van der Waals surface area contributed by atoms with Crippen LogP contribution < -0.4 is 10.1 Å². The normalized spacial score (nSPS) is 23.9. The zero-order valence-corrected chi connectivity index (χ0v) is 11.9. The van der Waals surface area contributed by atoms with Gasteiger partial charge in [0.05, 0.1) is 7.11 Å². The Hall–Kier alpha value is -0.870. The summed E-state index contributed by atoms with van der Waals surface area (Å²) >= 11 is 0. The Kier molecular flexibility index (Phi) is 4.78. The Bertz CT molecular complexity index is 424. The second kappa shape index (κ2) is 6.34. The maximum Gasteiger partial charge on any atom is 0.121 e. The van der Waals surface area contributed by atoms with Gasteiger partial charge in [-0.05, 0) is 37.0 Å². The van der Waals surface area contributed by atoms with Crippen molar-refractivity contribution in [3.8, 4) is 5.75 Å². The molecule has 1 heterocycles. The second-order valence-electron chi connectivity index (χ2n) is 4.81. The number of aryl methyl sites for hydroxylation is 1. The van der Waals surface area contributed by atoms with Crippen LogP contribution in [0.2, 0.25) is 0 Å². The Balaban J connectivity index is 1.86. The summed E-state index contributed by atoms with van der Waals surface area (Å²) in [4.78, 5) is 0. The first-order chi connectivity index (χ1) is 8.69. The third kappa shape index (κ3) is 3.56. The van der Waals surface area contributed by atoms with Gasteiger partial charge in [-0.1, -0.05) is 12.1 Å². The summed E-state index contributed by atoms with van der Waals surface area (Å²) in [6, 6.07) is 6.79. The molecule has 18 heavy (non-hydrogen) atoms. The van der Waals surface area contributed by atoms with Crippen molar-refractivity contribution >= 4 is 10.8 Å². The summed E-state index contributed by atoms with van der Waals surface area (Å²) in [7, 11) is 1.12. The third-order valence-corrected chi connectivity index (χ3v) is 4.82. The third-order valence-electron chi connectivity index (χ3n) is 3.44. The molecule has 0 atom stereocenters. The highest BCUT2D eigenvalue weighted by Gasteiger charge is 2.16. The van der Waals surface area contributed by atoms with Crippen LogP contribution in [-0.2, 0) is 17.3 Å². The van der Waals surface area contributed by atoms with Gasteiger partial charge < -0.3 is 10.1 Å². The zero-order chi connectivity index (χ0) is 13.0. The minimum atomic E-state index is -0.574. The molecule has 1 aliphatic rings. The van der Waals surface area contributed by atoms with Crippen molar-refractivity contribution in [2.45, 2.75) is 32.4 Å². The minimum Gasteiger partial charge on any atom is -0.496 e.